The molecule has 6 heteroatoms. The lowest BCUT2D eigenvalue weighted by Crippen LogP contribution is -2.69. The molecule has 0 atom stereocenters. The number of hydrogen-bond acceptors (Lipinski definition) is 2. The van der Waals surface area contributed by atoms with Gasteiger partial charge in [-0.15, -0.1) is 0 Å². The zero-order chi connectivity index (χ0) is 12.0. The summed E-state index contributed by atoms with van der Waals surface area (Å²) >= 11 is 0. The minimum Gasteiger partial charge on any atom is -0.339 e. The molecule has 1 amide bonds. The Bertz CT molecular complexity index is 293. The van der Waals surface area contributed by atoms with Crippen molar-refractivity contribution in [1.29, 1.82) is 0 Å². The Morgan fingerprint density at radius 3 is 2.38 bits per heavy atom. The van der Waals surface area contributed by atoms with Crippen LogP contribution in [0.1, 0.15) is 25.7 Å². The van der Waals surface area contributed by atoms with Gasteiger partial charge in [0.05, 0.1) is 12.0 Å². The van der Waals surface area contributed by atoms with E-state index in [2.05, 4.69) is 0 Å². The summed E-state index contributed by atoms with van der Waals surface area (Å²) in [6.45, 7) is 0.850. The summed E-state index contributed by atoms with van der Waals surface area (Å²) in [5, 5.41) is 0. The van der Waals surface area contributed by atoms with E-state index in [9.17, 15) is 18.0 Å². The van der Waals surface area contributed by atoms with E-state index in [4.69, 9.17) is 5.73 Å². The fraction of sp³-hybridized carbons (Fsp3) is 0.900. The van der Waals surface area contributed by atoms with E-state index in [0.29, 0.717) is 19.0 Å². The molecule has 0 bridgehead atoms. The van der Waals surface area contributed by atoms with Crippen LogP contribution < -0.4 is 5.73 Å². The number of amides is 1. The number of nitrogens with two attached hydrogens (primary N) is 1. The summed E-state index contributed by atoms with van der Waals surface area (Å²) < 4.78 is 35.7. The monoisotopic (exact) mass is 236 g/mol. The predicted octanol–water partition coefficient (Wildman–Crippen LogP) is 1.28. The predicted molar refractivity (Wildman–Crippen MR) is 51.5 cm³/mol. The molecule has 16 heavy (non-hydrogen) atoms. The van der Waals surface area contributed by atoms with Gasteiger partial charge in [0.2, 0.25) is 5.91 Å². The molecule has 0 spiro atoms. The zero-order valence-corrected chi connectivity index (χ0v) is 8.89. The third kappa shape index (κ3) is 2.48. The maximum Gasteiger partial charge on any atom is 0.389 e. The fourth-order valence-corrected chi connectivity index (χ4v) is 2.16. The van der Waals surface area contributed by atoms with Gasteiger partial charge in [-0.3, -0.25) is 4.79 Å². The second-order valence-electron chi connectivity index (χ2n) is 4.87. The normalized spacial score (nSPS) is 24.1. The maximum atomic E-state index is 11.9. The summed E-state index contributed by atoms with van der Waals surface area (Å²) in [5.74, 6) is 0.0400. The van der Waals surface area contributed by atoms with Gasteiger partial charge in [-0.05, 0) is 18.8 Å². The maximum absolute atomic E-state index is 11.9. The van der Waals surface area contributed by atoms with Crippen molar-refractivity contribution >= 4 is 5.91 Å². The van der Waals surface area contributed by atoms with Crippen molar-refractivity contribution in [2.45, 2.75) is 37.4 Å². The zero-order valence-electron chi connectivity index (χ0n) is 8.89. The van der Waals surface area contributed by atoms with Crippen molar-refractivity contribution in [3.63, 3.8) is 0 Å². The third-order valence-corrected chi connectivity index (χ3v) is 3.34. The Hall–Kier alpha value is -0.780. The molecule has 0 radical (unpaired) electrons. The Kier molecular flexibility index (Phi) is 2.64. The smallest absolute Gasteiger partial charge is 0.339 e. The van der Waals surface area contributed by atoms with E-state index in [1.165, 1.54) is 4.90 Å². The Labute approximate surface area is 91.8 Å². The molecular formula is C10H15F3N2O. The average Bonchev–Trinajstić information content (AvgIpc) is 2.90. The number of carbonyl (C=O) groups is 1. The highest BCUT2D eigenvalue weighted by molar-refractivity contribution is 5.77. The van der Waals surface area contributed by atoms with Gasteiger partial charge in [0.15, 0.2) is 0 Å². The van der Waals surface area contributed by atoms with E-state index in [1.807, 2.05) is 0 Å². The number of halogens is 3. The third-order valence-electron chi connectivity index (χ3n) is 3.34. The summed E-state index contributed by atoms with van der Waals surface area (Å²) in [6, 6.07) is 0. The van der Waals surface area contributed by atoms with E-state index >= 15 is 0 Å². The highest BCUT2D eigenvalue weighted by Gasteiger charge is 2.51. The molecular weight excluding hydrogens is 221 g/mol. The number of hydrogen-bond donors (Lipinski definition) is 1. The highest BCUT2D eigenvalue weighted by Crippen LogP contribution is 2.43. The number of alkyl halides is 3. The van der Waals surface area contributed by atoms with Crippen LogP contribution in [-0.2, 0) is 4.79 Å². The van der Waals surface area contributed by atoms with Crippen LogP contribution >= 0.6 is 0 Å². The van der Waals surface area contributed by atoms with Crippen LogP contribution in [0.3, 0.4) is 0 Å². The molecule has 1 saturated carbocycles. The molecule has 0 unspecified atom stereocenters. The minimum absolute atomic E-state index is 0.312. The molecule has 0 aromatic carbocycles. The Morgan fingerprint density at radius 1 is 1.38 bits per heavy atom. The molecule has 2 rings (SSSR count). The number of carbonyl (C=O) groups excluding carboxylic acids is 1. The lowest BCUT2D eigenvalue weighted by atomic mass is 9.85. The van der Waals surface area contributed by atoms with Gasteiger partial charge >= 0.3 is 6.18 Å². The lowest BCUT2D eigenvalue weighted by molar-refractivity contribution is -0.153. The highest BCUT2D eigenvalue weighted by atomic mass is 19.4. The van der Waals surface area contributed by atoms with Crippen molar-refractivity contribution in [1.82, 2.24) is 4.90 Å². The van der Waals surface area contributed by atoms with Gasteiger partial charge in [-0.2, -0.15) is 13.2 Å². The van der Waals surface area contributed by atoms with Gasteiger partial charge in [0.25, 0.3) is 0 Å². The molecule has 3 nitrogen and oxygen atoms in total. The van der Waals surface area contributed by atoms with Crippen LogP contribution in [0.2, 0.25) is 0 Å². The van der Waals surface area contributed by atoms with Gasteiger partial charge in [-0.25, -0.2) is 0 Å². The summed E-state index contributed by atoms with van der Waals surface area (Å²) in [4.78, 5) is 12.8. The topological polar surface area (TPSA) is 46.3 Å². The van der Waals surface area contributed by atoms with E-state index < -0.39 is 24.9 Å². The van der Waals surface area contributed by atoms with Crippen LogP contribution in [-0.4, -0.2) is 35.6 Å². The van der Waals surface area contributed by atoms with Crippen molar-refractivity contribution < 1.29 is 18.0 Å². The Balaban J connectivity index is 1.72. The van der Waals surface area contributed by atoms with Crippen molar-refractivity contribution in [2.24, 2.45) is 11.7 Å². The van der Waals surface area contributed by atoms with Crippen molar-refractivity contribution in [3.05, 3.63) is 0 Å². The second kappa shape index (κ2) is 3.61. The van der Waals surface area contributed by atoms with Crippen LogP contribution in [0.5, 0.6) is 0 Å². The number of likely N-dealkylation sites (tertiary alicyclic amines) is 1. The molecule has 2 fully saturated rings. The van der Waals surface area contributed by atoms with Crippen LogP contribution in [0.25, 0.3) is 0 Å². The minimum atomic E-state index is -4.25. The largest absolute Gasteiger partial charge is 0.389 e. The number of nitrogens with zero attached hydrogens (tertiary/aromatic N) is 1. The van der Waals surface area contributed by atoms with E-state index in [0.717, 1.165) is 12.8 Å². The first-order valence-electron chi connectivity index (χ1n) is 5.44. The summed E-state index contributed by atoms with van der Waals surface area (Å²) in [5.41, 5.74) is 5.69. The van der Waals surface area contributed by atoms with Gasteiger partial charge in [0, 0.05) is 19.5 Å². The van der Waals surface area contributed by atoms with E-state index in [-0.39, 0.29) is 5.54 Å². The molecule has 1 aliphatic heterocycles. The van der Waals surface area contributed by atoms with Gasteiger partial charge in [-0.1, -0.05) is 0 Å². The van der Waals surface area contributed by atoms with Crippen LogP contribution in [0, 0.1) is 5.92 Å². The quantitative estimate of drug-likeness (QED) is 0.802. The van der Waals surface area contributed by atoms with Crippen molar-refractivity contribution in [3.8, 4) is 0 Å². The molecule has 2 N–H and O–H groups in total. The fourth-order valence-electron chi connectivity index (χ4n) is 2.16. The first kappa shape index (κ1) is 11.7. The van der Waals surface area contributed by atoms with Gasteiger partial charge in [0.1, 0.15) is 0 Å². The standard InChI is InChI=1S/C10H15F3N2O/c11-10(12,13)4-3-8(16)15-5-9(14,6-15)7-1-2-7/h7H,1-6,14H2. The van der Waals surface area contributed by atoms with E-state index in [1.54, 1.807) is 0 Å². The Morgan fingerprint density at radius 2 is 1.94 bits per heavy atom. The molecule has 92 valence electrons. The summed E-state index contributed by atoms with van der Waals surface area (Å²) in [7, 11) is 0. The SMILES string of the molecule is NC1(C2CC2)CN(C(=O)CCC(F)(F)F)C1. The molecule has 0 aromatic heterocycles. The molecule has 1 aliphatic carbocycles. The number of rotatable bonds is 3. The lowest BCUT2D eigenvalue weighted by Gasteiger charge is -2.48. The molecule has 2 aliphatic rings. The molecule has 1 heterocycles. The first-order chi connectivity index (χ1) is 7.30. The van der Waals surface area contributed by atoms with Gasteiger partial charge < -0.3 is 10.6 Å². The van der Waals surface area contributed by atoms with Crippen LogP contribution in [0.4, 0.5) is 13.2 Å². The summed E-state index contributed by atoms with van der Waals surface area (Å²) in [6.07, 6.45) is -3.58. The molecule has 0 aromatic rings. The first-order valence-corrected chi connectivity index (χ1v) is 5.44. The van der Waals surface area contributed by atoms with Crippen molar-refractivity contribution in [2.75, 3.05) is 13.1 Å². The second-order valence-corrected chi connectivity index (χ2v) is 4.87. The average molecular weight is 236 g/mol. The van der Waals surface area contributed by atoms with Crippen LogP contribution in [0.15, 0.2) is 0 Å². The molecule has 1 saturated heterocycles.